The molecule has 0 radical (unpaired) electrons. The van der Waals surface area contributed by atoms with Gasteiger partial charge in [-0.15, -0.1) is 0 Å². The van der Waals surface area contributed by atoms with E-state index in [0.717, 1.165) is 6.42 Å². The van der Waals surface area contributed by atoms with Crippen LogP contribution >= 0.6 is 45.2 Å². The fourth-order valence-electron chi connectivity index (χ4n) is 2.09. The van der Waals surface area contributed by atoms with E-state index in [2.05, 4.69) is 45.2 Å². The summed E-state index contributed by atoms with van der Waals surface area (Å²) in [5.74, 6) is 0. The van der Waals surface area contributed by atoms with Gasteiger partial charge in [0.05, 0.1) is 4.90 Å². The van der Waals surface area contributed by atoms with Crippen molar-refractivity contribution >= 4 is 55.0 Å². The van der Waals surface area contributed by atoms with E-state index >= 15 is 0 Å². The summed E-state index contributed by atoms with van der Waals surface area (Å²) < 4.78 is 25.1. The average Bonchev–Trinajstić information content (AvgIpc) is 2.30. The molecule has 1 saturated carbocycles. The Labute approximate surface area is 130 Å². The van der Waals surface area contributed by atoms with Gasteiger partial charge in [-0.1, -0.05) is 77.2 Å². The molecule has 2 nitrogen and oxygen atoms in total. The van der Waals surface area contributed by atoms with Gasteiger partial charge in [0.15, 0.2) is 9.84 Å². The Morgan fingerprint density at radius 2 is 1.76 bits per heavy atom. The molecular weight excluding hydrogens is 462 g/mol. The number of rotatable bonds is 2. The Balaban J connectivity index is 2.49. The molecule has 1 fully saturated rings. The van der Waals surface area contributed by atoms with Crippen molar-refractivity contribution in [3.05, 3.63) is 30.3 Å². The second kappa shape index (κ2) is 4.33. The molecule has 94 valence electrons. The van der Waals surface area contributed by atoms with E-state index in [-0.39, 0.29) is 5.41 Å². The molecule has 0 spiro atoms. The maximum Gasteiger partial charge on any atom is 0.193 e. The van der Waals surface area contributed by atoms with E-state index in [0.29, 0.717) is 8.82 Å². The second-order valence-corrected chi connectivity index (χ2v) is 11.2. The molecule has 0 bridgehead atoms. The highest BCUT2D eigenvalue weighted by Crippen LogP contribution is 2.63. The van der Waals surface area contributed by atoms with E-state index in [9.17, 15) is 8.42 Å². The highest BCUT2D eigenvalue weighted by atomic mass is 127. The smallest absolute Gasteiger partial charge is 0.193 e. The molecule has 0 heterocycles. The van der Waals surface area contributed by atoms with Gasteiger partial charge in [0.1, 0.15) is 2.75 Å². The predicted octanol–water partition coefficient (Wildman–Crippen LogP) is 3.83. The van der Waals surface area contributed by atoms with Crippen LogP contribution in [0, 0.1) is 5.41 Å². The van der Waals surface area contributed by atoms with E-state index in [1.54, 1.807) is 24.3 Å². The number of benzene rings is 1. The van der Waals surface area contributed by atoms with Crippen LogP contribution in [0.4, 0.5) is 0 Å². The lowest BCUT2D eigenvalue weighted by Crippen LogP contribution is -2.61. The zero-order chi connectivity index (χ0) is 12.9. The van der Waals surface area contributed by atoms with Crippen molar-refractivity contribution in [1.82, 2.24) is 0 Å². The molecule has 2 atom stereocenters. The van der Waals surface area contributed by atoms with Crippen LogP contribution in [0.15, 0.2) is 35.2 Å². The van der Waals surface area contributed by atoms with Gasteiger partial charge in [0, 0.05) is 9.34 Å². The van der Waals surface area contributed by atoms with Gasteiger partial charge in [-0.05, 0) is 18.6 Å². The van der Waals surface area contributed by atoms with Crippen LogP contribution in [0.1, 0.15) is 20.3 Å². The van der Waals surface area contributed by atoms with Crippen molar-refractivity contribution in [3.63, 3.8) is 0 Å². The minimum atomic E-state index is -3.26. The molecule has 1 aromatic carbocycles. The van der Waals surface area contributed by atoms with Gasteiger partial charge in [-0.25, -0.2) is 8.42 Å². The maximum absolute atomic E-state index is 12.7. The lowest BCUT2D eigenvalue weighted by atomic mass is 9.71. The summed E-state index contributed by atoms with van der Waals surface area (Å²) >= 11 is 4.49. The molecule has 0 N–H and O–H groups in total. The van der Waals surface area contributed by atoms with Crippen LogP contribution in [0.2, 0.25) is 0 Å². The summed E-state index contributed by atoms with van der Waals surface area (Å²) in [7, 11) is -3.26. The number of hydrogen-bond acceptors (Lipinski definition) is 2. The maximum atomic E-state index is 12.7. The lowest BCUT2D eigenvalue weighted by Gasteiger charge is -2.55. The standard InChI is InChI=1S/C12H14I2O2S/c1-11(2)10(13)8-12(11,14)17(15,16)9-6-4-3-5-7-9/h3-7,10H,8H2,1-2H3. The van der Waals surface area contributed by atoms with Gasteiger partial charge in [-0.3, -0.25) is 0 Å². The van der Waals surface area contributed by atoms with E-state index in [1.807, 2.05) is 19.9 Å². The fraction of sp³-hybridized carbons (Fsp3) is 0.500. The van der Waals surface area contributed by atoms with Crippen molar-refractivity contribution in [3.8, 4) is 0 Å². The summed E-state index contributed by atoms with van der Waals surface area (Å²) in [5, 5.41) is 0. The molecule has 1 aliphatic carbocycles. The number of sulfone groups is 1. The van der Waals surface area contributed by atoms with Crippen LogP contribution in [0.3, 0.4) is 0 Å². The van der Waals surface area contributed by atoms with Crippen molar-refractivity contribution in [2.75, 3.05) is 0 Å². The first kappa shape index (κ1) is 14.0. The Bertz CT molecular complexity index is 525. The van der Waals surface area contributed by atoms with Crippen LogP contribution in [0.5, 0.6) is 0 Å². The fourth-order valence-corrected chi connectivity index (χ4v) is 8.92. The van der Waals surface area contributed by atoms with Crippen molar-refractivity contribution in [1.29, 1.82) is 0 Å². The number of halogens is 2. The van der Waals surface area contributed by atoms with Gasteiger partial charge in [-0.2, -0.15) is 0 Å². The molecule has 0 aromatic heterocycles. The minimum absolute atomic E-state index is 0.192. The topological polar surface area (TPSA) is 34.1 Å². The number of hydrogen-bond donors (Lipinski definition) is 0. The molecular formula is C12H14I2O2S. The lowest BCUT2D eigenvalue weighted by molar-refractivity contribution is 0.208. The SMILES string of the molecule is CC1(C)C(I)CC1(I)S(=O)(=O)c1ccccc1. The van der Waals surface area contributed by atoms with Crippen molar-refractivity contribution < 1.29 is 8.42 Å². The summed E-state index contributed by atoms with van der Waals surface area (Å²) in [5.41, 5.74) is -0.192. The van der Waals surface area contributed by atoms with Crippen molar-refractivity contribution in [2.45, 2.75) is 31.8 Å². The van der Waals surface area contributed by atoms with E-state index in [4.69, 9.17) is 0 Å². The van der Waals surface area contributed by atoms with Gasteiger partial charge in [0.2, 0.25) is 0 Å². The van der Waals surface area contributed by atoms with Gasteiger partial charge in [0.25, 0.3) is 0 Å². The normalized spacial score (nSPS) is 31.9. The first-order chi connectivity index (χ1) is 7.73. The third kappa shape index (κ3) is 1.87. The Morgan fingerprint density at radius 1 is 1.24 bits per heavy atom. The molecule has 17 heavy (non-hydrogen) atoms. The predicted molar refractivity (Wildman–Crippen MR) is 86.6 cm³/mol. The van der Waals surface area contributed by atoms with Crippen LogP contribution in [-0.2, 0) is 9.84 Å². The first-order valence-corrected chi connectivity index (χ1v) is 9.17. The third-order valence-corrected chi connectivity index (χ3v) is 11.7. The molecule has 2 rings (SSSR count). The highest BCUT2D eigenvalue weighted by Gasteiger charge is 2.65. The van der Waals surface area contributed by atoms with Crippen LogP contribution in [0.25, 0.3) is 0 Å². The largest absolute Gasteiger partial charge is 0.222 e. The van der Waals surface area contributed by atoms with Gasteiger partial charge >= 0.3 is 0 Å². The van der Waals surface area contributed by atoms with Gasteiger partial charge < -0.3 is 0 Å². The third-order valence-electron chi connectivity index (χ3n) is 3.67. The quantitative estimate of drug-likeness (QED) is 0.481. The second-order valence-electron chi connectivity index (χ2n) is 4.94. The highest BCUT2D eigenvalue weighted by molar-refractivity contribution is 14.1. The molecule has 0 aliphatic heterocycles. The molecule has 5 heteroatoms. The van der Waals surface area contributed by atoms with E-state index in [1.165, 1.54) is 0 Å². The molecule has 0 saturated heterocycles. The summed E-state index contributed by atoms with van der Waals surface area (Å²) in [6, 6.07) is 8.77. The zero-order valence-electron chi connectivity index (χ0n) is 9.65. The Morgan fingerprint density at radius 3 is 2.18 bits per heavy atom. The molecule has 1 aliphatic rings. The Hall–Kier alpha value is 0.630. The minimum Gasteiger partial charge on any atom is -0.222 e. The summed E-state index contributed by atoms with van der Waals surface area (Å²) in [4.78, 5) is 0.436. The molecule has 1 aromatic rings. The average molecular weight is 476 g/mol. The van der Waals surface area contributed by atoms with Crippen LogP contribution < -0.4 is 0 Å². The first-order valence-electron chi connectivity index (χ1n) is 5.36. The summed E-state index contributed by atoms with van der Waals surface area (Å²) in [6.45, 7) is 4.08. The van der Waals surface area contributed by atoms with E-state index < -0.39 is 12.6 Å². The van der Waals surface area contributed by atoms with Crippen molar-refractivity contribution in [2.24, 2.45) is 5.41 Å². The zero-order valence-corrected chi connectivity index (χ0v) is 14.8. The monoisotopic (exact) mass is 476 g/mol. The summed E-state index contributed by atoms with van der Waals surface area (Å²) in [6.07, 6.45) is 0.721. The van der Waals surface area contributed by atoms with Crippen LogP contribution in [-0.4, -0.2) is 15.1 Å². The number of alkyl halides is 2. The Kier molecular flexibility index (Phi) is 3.58. The molecule has 2 unspecified atom stereocenters. The molecule has 0 amide bonds.